The molecule has 1 fully saturated rings. The normalized spacial score (nSPS) is 19.9. The van der Waals surface area contributed by atoms with Gasteiger partial charge >= 0.3 is 0 Å². The maximum absolute atomic E-state index is 6.09. The van der Waals surface area contributed by atoms with Gasteiger partial charge in [0.1, 0.15) is 5.82 Å². The van der Waals surface area contributed by atoms with Crippen LogP contribution in [0.2, 0.25) is 0 Å². The van der Waals surface area contributed by atoms with E-state index in [9.17, 15) is 0 Å². The first-order valence-electron chi connectivity index (χ1n) is 8.85. The van der Waals surface area contributed by atoms with E-state index in [1.165, 1.54) is 18.4 Å². The quantitative estimate of drug-likeness (QED) is 0.915. The molecule has 1 saturated heterocycles. The number of hydrogen-bond donors (Lipinski definition) is 1. The number of likely N-dealkylation sites (tertiary alicyclic amines) is 1. The van der Waals surface area contributed by atoms with Gasteiger partial charge in [0.05, 0.1) is 0 Å². The summed E-state index contributed by atoms with van der Waals surface area (Å²) in [7, 11) is 2.05. The van der Waals surface area contributed by atoms with Gasteiger partial charge in [0.15, 0.2) is 0 Å². The number of aromatic nitrogens is 1. The largest absolute Gasteiger partial charge is 0.329 e. The van der Waals surface area contributed by atoms with Gasteiger partial charge in [-0.3, -0.25) is 4.90 Å². The molecule has 2 aromatic rings. The fourth-order valence-corrected chi connectivity index (χ4v) is 3.41. The zero-order chi connectivity index (χ0) is 16.9. The lowest BCUT2D eigenvalue weighted by molar-refractivity contribution is 0.154. The van der Waals surface area contributed by atoms with E-state index in [0.717, 1.165) is 31.1 Å². The monoisotopic (exact) mass is 324 g/mol. The molecule has 1 aliphatic rings. The zero-order valence-electron chi connectivity index (χ0n) is 14.7. The molecule has 0 spiro atoms. The van der Waals surface area contributed by atoms with Crippen molar-refractivity contribution in [2.45, 2.75) is 32.4 Å². The predicted molar refractivity (Wildman–Crippen MR) is 100 cm³/mol. The van der Waals surface area contributed by atoms with Gasteiger partial charge in [0.25, 0.3) is 0 Å². The molecule has 0 aliphatic carbocycles. The van der Waals surface area contributed by atoms with Crippen molar-refractivity contribution in [3.63, 3.8) is 0 Å². The highest BCUT2D eigenvalue weighted by molar-refractivity contribution is 5.58. The number of hydrogen-bond acceptors (Lipinski definition) is 4. The van der Waals surface area contributed by atoms with Gasteiger partial charge in [-0.15, -0.1) is 0 Å². The van der Waals surface area contributed by atoms with Gasteiger partial charge in [0.2, 0.25) is 0 Å². The number of pyridine rings is 1. The number of anilines is 2. The Bertz CT molecular complexity index is 624. The highest BCUT2D eigenvalue weighted by Crippen LogP contribution is 2.23. The molecule has 0 bridgehead atoms. The summed E-state index contributed by atoms with van der Waals surface area (Å²) in [6.45, 7) is 5.35. The Kier molecular flexibility index (Phi) is 5.48. The Labute approximate surface area is 145 Å². The summed E-state index contributed by atoms with van der Waals surface area (Å²) < 4.78 is 0. The minimum absolute atomic E-state index is 0.285. The molecule has 128 valence electrons. The van der Waals surface area contributed by atoms with E-state index in [2.05, 4.69) is 53.0 Å². The predicted octanol–water partition coefficient (Wildman–Crippen LogP) is 3.41. The average molecular weight is 324 g/mol. The zero-order valence-corrected chi connectivity index (χ0v) is 14.7. The van der Waals surface area contributed by atoms with Crippen molar-refractivity contribution in [1.82, 2.24) is 9.88 Å². The molecule has 1 aromatic carbocycles. The fraction of sp³-hybridized carbons (Fsp3) is 0.450. The van der Waals surface area contributed by atoms with E-state index in [4.69, 9.17) is 5.73 Å². The van der Waals surface area contributed by atoms with Gasteiger partial charge in [0, 0.05) is 38.1 Å². The number of rotatable bonds is 5. The smallest absolute Gasteiger partial charge is 0.132 e. The molecule has 1 aliphatic heterocycles. The molecule has 2 N–H and O–H groups in total. The highest BCUT2D eigenvalue weighted by Gasteiger charge is 2.22. The lowest BCUT2D eigenvalue weighted by Gasteiger charge is -2.34. The molecule has 4 heteroatoms. The third kappa shape index (κ3) is 4.13. The lowest BCUT2D eigenvalue weighted by Crippen LogP contribution is -2.41. The Morgan fingerprint density at radius 3 is 2.71 bits per heavy atom. The second-order valence-electron chi connectivity index (χ2n) is 6.92. The standard InChI is InChI=1S/C20H28N4/c1-16(21)18-7-6-12-24(15-18)14-17-10-11-20(22-13-17)23(2)19-8-4-3-5-9-19/h3-5,8-11,13,16,18H,6-7,12,14-15,21H2,1-2H3. The molecular formula is C20H28N4. The van der Waals surface area contributed by atoms with Gasteiger partial charge in [-0.2, -0.15) is 0 Å². The van der Waals surface area contributed by atoms with E-state index in [0.29, 0.717) is 5.92 Å². The molecule has 1 aromatic heterocycles. The van der Waals surface area contributed by atoms with Crippen LogP contribution in [0, 0.1) is 5.92 Å². The summed E-state index contributed by atoms with van der Waals surface area (Å²) in [5.74, 6) is 1.59. The first-order valence-corrected chi connectivity index (χ1v) is 8.85. The summed E-state index contributed by atoms with van der Waals surface area (Å²) in [5.41, 5.74) is 8.50. The van der Waals surface area contributed by atoms with Crippen molar-refractivity contribution in [2.24, 2.45) is 11.7 Å². The number of nitrogens with zero attached hydrogens (tertiary/aromatic N) is 3. The third-order valence-electron chi connectivity index (χ3n) is 4.99. The summed E-state index contributed by atoms with van der Waals surface area (Å²) in [4.78, 5) is 9.27. The van der Waals surface area contributed by atoms with Crippen LogP contribution in [-0.4, -0.2) is 36.1 Å². The van der Waals surface area contributed by atoms with Crippen LogP contribution in [0.25, 0.3) is 0 Å². The molecule has 2 unspecified atom stereocenters. The van der Waals surface area contributed by atoms with Crippen molar-refractivity contribution in [1.29, 1.82) is 0 Å². The summed E-state index contributed by atoms with van der Waals surface area (Å²) >= 11 is 0. The van der Waals surface area contributed by atoms with E-state index in [-0.39, 0.29) is 6.04 Å². The van der Waals surface area contributed by atoms with Gasteiger partial charge < -0.3 is 10.6 Å². The van der Waals surface area contributed by atoms with Crippen molar-refractivity contribution in [3.8, 4) is 0 Å². The molecule has 3 rings (SSSR count). The number of para-hydroxylation sites is 1. The lowest BCUT2D eigenvalue weighted by atomic mass is 9.92. The summed E-state index contributed by atoms with van der Waals surface area (Å²) in [6.07, 6.45) is 4.51. The first-order chi connectivity index (χ1) is 11.6. The highest BCUT2D eigenvalue weighted by atomic mass is 15.2. The van der Waals surface area contributed by atoms with Crippen LogP contribution in [0.5, 0.6) is 0 Å². The maximum Gasteiger partial charge on any atom is 0.132 e. The average Bonchev–Trinajstić information content (AvgIpc) is 2.63. The van der Waals surface area contributed by atoms with Crippen LogP contribution in [0.4, 0.5) is 11.5 Å². The van der Waals surface area contributed by atoms with Crippen LogP contribution in [-0.2, 0) is 6.54 Å². The molecule has 0 radical (unpaired) electrons. The molecule has 4 nitrogen and oxygen atoms in total. The molecule has 0 saturated carbocycles. The van der Waals surface area contributed by atoms with Gasteiger partial charge in [-0.05, 0) is 56.0 Å². The Hall–Kier alpha value is -1.91. The van der Waals surface area contributed by atoms with E-state index < -0.39 is 0 Å². The number of nitrogens with two attached hydrogens (primary N) is 1. The Morgan fingerprint density at radius 2 is 2.04 bits per heavy atom. The Morgan fingerprint density at radius 1 is 1.25 bits per heavy atom. The molecule has 2 heterocycles. The van der Waals surface area contributed by atoms with Crippen molar-refractivity contribution < 1.29 is 0 Å². The summed E-state index contributed by atoms with van der Waals surface area (Å²) in [6, 6.07) is 14.9. The van der Waals surface area contributed by atoms with Crippen molar-refractivity contribution >= 4 is 11.5 Å². The van der Waals surface area contributed by atoms with Crippen LogP contribution in [0.15, 0.2) is 48.7 Å². The molecule has 2 atom stereocenters. The summed E-state index contributed by atoms with van der Waals surface area (Å²) in [5, 5.41) is 0. The van der Waals surface area contributed by atoms with Crippen LogP contribution < -0.4 is 10.6 Å². The van der Waals surface area contributed by atoms with Crippen molar-refractivity contribution in [2.75, 3.05) is 25.0 Å². The maximum atomic E-state index is 6.09. The van der Waals surface area contributed by atoms with E-state index >= 15 is 0 Å². The van der Waals surface area contributed by atoms with Crippen LogP contribution in [0.1, 0.15) is 25.3 Å². The topological polar surface area (TPSA) is 45.4 Å². The van der Waals surface area contributed by atoms with Gasteiger partial charge in [-0.25, -0.2) is 4.98 Å². The molecule has 0 amide bonds. The van der Waals surface area contributed by atoms with Gasteiger partial charge in [-0.1, -0.05) is 24.3 Å². The Balaban J connectivity index is 1.62. The third-order valence-corrected chi connectivity index (χ3v) is 4.99. The van der Waals surface area contributed by atoms with Crippen LogP contribution >= 0.6 is 0 Å². The second kappa shape index (κ2) is 7.77. The fourth-order valence-electron chi connectivity index (χ4n) is 3.41. The molecule has 24 heavy (non-hydrogen) atoms. The SMILES string of the molecule is CC(N)C1CCCN(Cc2ccc(N(C)c3ccccc3)nc2)C1. The van der Waals surface area contributed by atoms with E-state index in [1.54, 1.807) is 0 Å². The number of piperidine rings is 1. The van der Waals surface area contributed by atoms with Crippen LogP contribution in [0.3, 0.4) is 0 Å². The minimum atomic E-state index is 0.285. The first kappa shape index (κ1) is 16.9. The second-order valence-corrected chi connectivity index (χ2v) is 6.92. The molecular weight excluding hydrogens is 296 g/mol. The van der Waals surface area contributed by atoms with Crippen molar-refractivity contribution in [3.05, 3.63) is 54.2 Å². The minimum Gasteiger partial charge on any atom is -0.329 e. The number of benzene rings is 1. The van der Waals surface area contributed by atoms with E-state index in [1.807, 2.05) is 24.4 Å².